The first-order valence-electron chi connectivity index (χ1n) is 12.7. The summed E-state index contributed by atoms with van der Waals surface area (Å²) in [6, 6.07) is 9.35. The highest BCUT2D eigenvalue weighted by Crippen LogP contribution is 2.53. The molecular formula is C29H30N2O8. The molecule has 4 atom stereocenters. The molecule has 1 fully saturated rings. The normalized spacial score (nSPS) is 26.3. The summed E-state index contributed by atoms with van der Waals surface area (Å²) in [5.74, 6) is -6.04. The maximum atomic E-state index is 13.9. The van der Waals surface area contributed by atoms with Gasteiger partial charge in [0, 0.05) is 11.5 Å². The van der Waals surface area contributed by atoms with E-state index in [0.717, 1.165) is 11.1 Å². The summed E-state index contributed by atoms with van der Waals surface area (Å²) < 4.78 is 5.52. The van der Waals surface area contributed by atoms with Gasteiger partial charge in [0.1, 0.15) is 28.6 Å². The number of aromatic hydroxyl groups is 1. The predicted molar refractivity (Wildman–Crippen MR) is 141 cm³/mol. The molecule has 0 heterocycles. The van der Waals surface area contributed by atoms with Crippen LogP contribution in [0.2, 0.25) is 0 Å². The summed E-state index contributed by atoms with van der Waals surface area (Å²) in [6.45, 7) is 2.40. The Balaban J connectivity index is 1.69. The number of nitrogens with two attached hydrogens (primary N) is 1. The average molecular weight is 535 g/mol. The van der Waals surface area contributed by atoms with Crippen LogP contribution in [-0.2, 0) is 20.8 Å². The van der Waals surface area contributed by atoms with E-state index in [-0.39, 0.29) is 29.7 Å². The second-order valence-electron chi connectivity index (χ2n) is 10.4. The van der Waals surface area contributed by atoms with Crippen LogP contribution in [0, 0.1) is 11.8 Å². The minimum absolute atomic E-state index is 0.0319. The van der Waals surface area contributed by atoms with Crippen LogP contribution in [0.1, 0.15) is 24.5 Å². The quantitative estimate of drug-likeness (QED) is 0.360. The maximum Gasteiger partial charge on any atom is 0.255 e. The van der Waals surface area contributed by atoms with Gasteiger partial charge in [0.2, 0.25) is 5.78 Å². The monoisotopic (exact) mass is 534 g/mol. The Labute approximate surface area is 224 Å². The number of phenolic OH excluding ortho intramolecular Hbond substituents is 1. The van der Waals surface area contributed by atoms with Gasteiger partial charge in [-0.1, -0.05) is 18.2 Å². The number of likely N-dealkylation sites (N-methyl/N-ethyl adjacent to an activating group) is 1. The van der Waals surface area contributed by atoms with Gasteiger partial charge in [-0.2, -0.15) is 0 Å². The number of hydrogen-bond acceptors (Lipinski definition) is 9. The van der Waals surface area contributed by atoms with Crippen LogP contribution in [0.3, 0.4) is 0 Å². The first-order chi connectivity index (χ1) is 18.4. The number of rotatable bonds is 5. The second kappa shape index (κ2) is 9.25. The van der Waals surface area contributed by atoms with Crippen LogP contribution in [0.15, 0.2) is 53.3 Å². The molecule has 3 aliphatic rings. The van der Waals surface area contributed by atoms with E-state index in [9.17, 15) is 34.8 Å². The van der Waals surface area contributed by atoms with Gasteiger partial charge in [-0.05, 0) is 74.7 Å². The third kappa shape index (κ3) is 3.74. The number of primary amides is 1. The van der Waals surface area contributed by atoms with Gasteiger partial charge in [-0.3, -0.25) is 19.3 Å². The second-order valence-corrected chi connectivity index (χ2v) is 10.4. The van der Waals surface area contributed by atoms with Crippen LogP contribution in [0.5, 0.6) is 11.5 Å². The van der Waals surface area contributed by atoms with E-state index in [1.165, 1.54) is 11.0 Å². The van der Waals surface area contributed by atoms with E-state index in [4.69, 9.17) is 10.5 Å². The van der Waals surface area contributed by atoms with Gasteiger partial charge in [-0.15, -0.1) is 0 Å². The van der Waals surface area contributed by atoms with Crippen molar-refractivity contribution >= 4 is 23.2 Å². The summed E-state index contributed by atoms with van der Waals surface area (Å²) in [4.78, 5) is 40.7. The molecule has 6 N–H and O–H groups in total. The number of ketones is 2. The van der Waals surface area contributed by atoms with Crippen molar-refractivity contribution in [1.82, 2.24) is 4.90 Å². The molecule has 3 aliphatic carbocycles. The highest BCUT2D eigenvalue weighted by Gasteiger charge is 2.64. The Kier molecular flexibility index (Phi) is 6.27. The van der Waals surface area contributed by atoms with Crippen LogP contribution in [0.4, 0.5) is 0 Å². The third-order valence-corrected chi connectivity index (χ3v) is 8.08. The Morgan fingerprint density at radius 1 is 1.10 bits per heavy atom. The molecule has 0 aliphatic heterocycles. The van der Waals surface area contributed by atoms with Gasteiger partial charge < -0.3 is 30.9 Å². The molecule has 0 bridgehead atoms. The lowest BCUT2D eigenvalue weighted by Crippen LogP contribution is -2.65. The highest BCUT2D eigenvalue weighted by atomic mass is 16.5. The first-order valence-corrected chi connectivity index (χ1v) is 12.7. The summed E-state index contributed by atoms with van der Waals surface area (Å²) in [7, 11) is 3.13. The van der Waals surface area contributed by atoms with E-state index in [1.54, 1.807) is 20.2 Å². The smallest absolute Gasteiger partial charge is 0.255 e. The van der Waals surface area contributed by atoms with Crippen molar-refractivity contribution in [1.29, 1.82) is 0 Å². The number of Topliss-reactive ketones (excluding diaryl/α,β-unsaturated/α-hetero) is 2. The van der Waals surface area contributed by atoms with Crippen molar-refractivity contribution in [3.8, 4) is 22.6 Å². The fraction of sp³-hybridized carbons (Fsp3) is 0.345. The number of ether oxygens (including phenoxy) is 1. The van der Waals surface area contributed by atoms with Crippen molar-refractivity contribution in [2.75, 3.05) is 20.7 Å². The van der Waals surface area contributed by atoms with Crippen molar-refractivity contribution in [3.63, 3.8) is 0 Å². The molecule has 0 radical (unpaired) electrons. The van der Waals surface area contributed by atoms with E-state index >= 15 is 0 Å². The molecule has 1 saturated carbocycles. The minimum Gasteiger partial charge on any atom is -0.508 e. The molecule has 10 heteroatoms. The summed E-state index contributed by atoms with van der Waals surface area (Å²) in [5.41, 5.74) is 3.87. The topological polar surface area (TPSA) is 171 Å². The molecule has 39 heavy (non-hydrogen) atoms. The van der Waals surface area contributed by atoms with Gasteiger partial charge in [0.05, 0.1) is 18.2 Å². The number of hydrogen-bond donors (Lipinski definition) is 5. The van der Waals surface area contributed by atoms with Crippen molar-refractivity contribution in [2.45, 2.75) is 31.4 Å². The molecule has 0 saturated heterocycles. The molecular weight excluding hydrogens is 504 g/mol. The Morgan fingerprint density at radius 3 is 2.36 bits per heavy atom. The summed E-state index contributed by atoms with van der Waals surface area (Å²) >= 11 is 0. The number of phenols is 1. The van der Waals surface area contributed by atoms with Crippen LogP contribution >= 0.6 is 0 Å². The standard InChI is InChI=1S/C29H30N2O8/c1-4-39-15-7-5-13(6-8-15)16-9-10-19(32)21-17(16)11-14-12-18-23(31(2)3)25(34)22(28(30)37)27(36)29(18,38)26(35)20(14)24(21)33/h5-10,14,18,23,32-33,36,38H,4,11-12H2,1-3H3,(H2,30,37)/t14-,18-,23+,29+/m1/s1. The first kappa shape index (κ1) is 26.5. The molecule has 0 aromatic heterocycles. The SMILES string of the molecule is CCOc1ccc(-c2ccc(O)c3c2C[C@@H]2C[C@@H]4[C@H](N(C)C)C(=O)C(C(N)=O)=C(O)[C@@]4(O)C(=O)C2=C3O)cc1. The predicted octanol–water partition coefficient (Wildman–Crippen LogP) is 2.03. The van der Waals surface area contributed by atoms with E-state index in [0.29, 0.717) is 17.9 Å². The Bertz CT molecular complexity index is 1470. The Hall–Kier alpha value is -4.15. The fourth-order valence-corrected chi connectivity index (χ4v) is 6.41. The molecule has 5 rings (SSSR count). The zero-order chi connectivity index (χ0) is 28.4. The van der Waals surface area contributed by atoms with Crippen molar-refractivity contribution in [2.24, 2.45) is 17.6 Å². The van der Waals surface area contributed by atoms with Crippen molar-refractivity contribution < 1.29 is 39.5 Å². The maximum absolute atomic E-state index is 13.9. The molecule has 2 aromatic rings. The highest BCUT2D eigenvalue weighted by molar-refractivity contribution is 6.24. The lowest BCUT2D eigenvalue weighted by atomic mass is 9.57. The Morgan fingerprint density at radius 2 is 1.77 bits per heavy atom. The zero-order valence-corrected chi connectivity index (χ0v) is 21.8. The van der Waals surface area contributed by atoms with Crippen LogP contribution in [0.25, 0.3) is 16.9 Å². The van der Waals surface area contributed by atoms with E-state index < -0.39 is 58.0 Å². The van der Waals surface area contributed by atoms with E-state index in [2.05, 4.69) is 0 Å². The lowest BCUT2D eigenvalue weighted by molar-refractivity contribution is -0.153. The van der Waals surface area contributed by atoms with E-state index in [1.807, 2.05) is 31.2 Å². The van der Waals surface area contributed by atoms with Gasteiger partial charge in [-0.25, -0.2) is 0 Å². The lowest BCUT2D eigenvalue weighted by Gasteiger charge is -2.50. The van der Waals surface area contributed by atoms with Gasteiger partial charge in [0.15, 0.2) is 11.4 Å². The third-order valence-electron chi connectivity index (χ3n) is 8.08. The molecule has 2 aromatic carbocycles. The fourth-order valence-electron chi connectivity index (χ4n) is 6.41. The molecule has 1 amide bonds. The number of carbonyl (C=O) groups excluding carboxylic acids is 3. The molecule has 0 unspecified atom stereocenters. The average Bonchev–Trinajstić information content (AvgIpc) is 2.87. The summed E-state index contributed by atoms with van der Waals surface area (Å²) in [5, 5.41) is 44.7. The van der Waals surface area contributed by atoms with Gasteiger partial charge >= 0.3 is 0 Å². The number of amides is 1. The summed E-state index contributed by atoms with van der Waals surface area (Å²) in [6.07, 6.45) is 0.246. The largest absolute Gasteiger partial charge is 0.508 e. The number of fused-ring (bicyclic) bond motifs is 3. The number of benzene rings is 2. The minimum atomic E-state index is -2.66. The molecule has 204 valence electrons. The molecule has 0 spiro atoms. The van der Waals surface area contributed by atoms with Crippen LogP contribution < -0.4 is 10.5 Å². The number of aliphatic hydroxyl groups excluding tert-OH is 2. The zero-order valence-electron chi connectivity index (χ0n) is 21.8. The number of carbonyl (C=O) groups is 3. The number of nitrogens with zero attached hydrogens (tertiary/aromatic N) is 1. The molecule has 10 nitrogen and oxygen atoms in total. The van der Waals surface area contributed by atoms with Crippen molar-refractivity contribution in [3.05, 3.63) is 64.4 Å². The number of aliphatic hydroxyl groups is 3. The van der Waals surface area contributed by atoms with Crippen LogP contribution in [-0.4, -0.2) is 75.1 Å². The van der Waals surface area contributed by atoms with Gasteiger partial charge in [0.25, 0.3) is 5.91 Å².